The number of aromatic carboxylic acids is 1. The molecular weight excluding hydrogens is 296 g/mol. The molecule has 2 atom stereocenters. The molecule has 1 fully saturated rings. The predicted octanol–water partition coefficient (Wildman–Crippen LogP) is 0.480. The number of aromatic nitrogens is 1. The molecule has 9 heteroatoms. The maximum absolute atomic E-state index is 11.8. The Kier molecular flexibility index (Phi) is 4.73. The highest BCUT2D eigenvalue weighted by Gasteiger charge is 2.24. The molecule has 0 saturated carbocycles. The second-order valence-electron chi connectivity index (χ2n) is 4.70. The quantitative estimate of drug-likeness (QED) is 0.644. The zero-order valence-corrected chi connectivity index (χ0v) is 12.2. The Bertz CT molecular complexity index is 559. The molecule has 1 saturated heterocycles. The highest BCUT2D eigenvalue weighted by Crippen LogP contribution is 2.17. The molecule has 3 amide bonds. The van der Waals surface area contributed by atoms with Gasteiger partial charge >= 0.3 is 12.0 Å². The van der Waals surface area contributed by atoms with E-state index in [1.165, 1.54) is 5.38 Å². The highest BCUT2D eigenvalue weighted by atomic mass is 32.1. The van der Waals surface area contributed by atoms with Crippen LogP contribution in [0.3, 0.4) is 0 Å². The van der Waals surface area contributed by atoms with E-state index in [4.69, 9.17) is 5.11 Å². The second-order valence-corrected chi connectivity index (χ2v) is 5.59. The highest BCUT2D eigenvalue weighted by molar-refractivity contribution is 7.09. The zero-order valence-electron chi connectivity index (χ0n) is 11.4. The topological polar surface area (TPSA) is 120 Å². The Morgan fingerprint density at radius 3 is 2.95 bits per heavy atom. The number of hydrogen-bond acceptors (Lipinski definition) is 5. The van der Waals surface area contributed by atoms with Crippen LogP contribution in [0.4, 0.5) is 4.79 Å². The third-order valence-electron chi connectivity index (χ3n) is 3.05. The summed E-state index contributed by atoms with van der Waals surface area (Å²) in [7, 11) is 0. The molecule has 1 aliphatic heterocycles. The monoisotopic (exact) mass is 312 g/mol. The molecule has 4 N–H and O–H groups in total. The van der Waals surface area contributed by atoms with Gasteiger partial charge in [0.2, 0.25) is 5.91 Å². The van der Waals surface area contributed by atoms with E-state index in [1.807, 2.05) is 0 Å². The van der Waals surface area contributed by atoms with Crippen molar-refractivity contribution < 1.29 is 19.5 Å². The number of nitrogens with zero attached hydrogens (tertiary/aromatic N) is 1. The van der Waals surface area contributed by atoms with Gasteiger partial charge in [-0.1, -0.05) is 0 Å². The van der Waals surface area contributed by atoms with Gasteiger partial charge < -0.3 is 21.1 Å². The number of piperidine rings is 1. The van der Waals surface area contributed by atoms with Crippen molar-refractivity contribution >= 4 is 29.2 Å². The lowest BCUT2D eigenvalue weighted by molar-refractivity contribution is -0.124. The molecule has 0 aliphatic carbocycles. The lowest BCUT2D eigenvalue weighted by Crippen LogP contribution is -2.52. The average Bonchev–Trinajstić information content (AvgIpc) is 2.91. The van der Waals surface area contributed by atoms with E-state index < -0.39 is 24.1 Å². The van der Waals surface area contributed by atoms with Crippen LogP contribution in [0.15, 0.2) is 5.38 Å². The smallest absolute Gasteiger partial charge is 0.355 e. The minimum atomic E-state index is -1.10. The van der Waals surface area contributed by atoms with E-state index in [0.717, 1.165) is 17.8 Å². The number of nitrogens with one attached hydrogen (secondary N) is 3. The summed E-state index contributed by atoms with van der Waals surface area (Å²) in [6.07, 6.45) is 1.43. The van der Waals surface area contributed by atoms with Crippen molar-refractivity contribution in [1.29, 1.82) is 0 Å². The minimum absolute atomic E-state index is 0.0456. The van der Waals surface area contributed by atoms with Crippen LogP contribution >= 0.6 is 11.3 Å². The van der Waals surface area contributed by atoms with Crippen LogP contribution in [-0.2, 0) is 4.79 Å². The number of amides is 3. The molecule has 8 nitrogen and oxygen atoms in total. The molecule has 1 aromatic heterocycles. The predicted molar refractivity (Wildman–Crippen MR) is 75.2 cm³/mol. The van der Waals surface area contributed by atoms with Crippen molar-refractivity contribution in [3.63, 3.8) is 0 Å². The largest absolute Gasteiger partial charge is 0.476 e. The summed E-state index contributed by atoms with van der Waals surface area (Å²) in [5.41, 5.74) is -0.0456. The van der Waals surface area contributed by atoms with Gasteiger partial charge in [0.05, 0.1) is 6.04 Å². The van der Waals surface area contributed by atoms with Gasteiger partial charge in [-0.15, -0.1) is 11.3 Å². The summed E-state index contributed by atoms with van der Waals surface area (Å²) in [6.45, 7) is 2.33. The summed E-state index contributed by atoms with van der Waals surface area (Å²) in [5.74, 6) is -1.29. The van der Waals surface area contributed by atoms with Gasteiger partial charge in [-0.25, -0.2) is 14.6 Å². The van der Waals surface area contributed by atoms with Gasteiger partial charge in [0.15, 0.2) is 5.69 Å². The fraction of sp³-hybridized carbons (Fsp3) is 0.500. The molecule has 0 spiro atoms. The molecule has 114 valence electrons. The van der Waals surface area contributed by atoms with Crippen molar-refractivity contribution in [3.05, 3.63) is 16.1 Å². The van der Waals surface area contributed by atoms with Crippen molar-refractivity contribution in [2.75, 3.05) is 6.54 Å². The summed E-state index contributed by atoms with van der Waals surface area (Å²) < 4.78 is 0. The summed E-state index contributed by atoms with van der Waals surface area (Å²) in [5, 5.41) is 18.6. The normalized spacial score (nSPS) is 19.5. The molecule has 2 unspecified atom stereocenters. The van der Waals surface area contributed by atoms with Crippen LogP contribution in [0.2, 0.25) is 0 Å². The molecular formula is C12H16N4O4S. The molecule has 0 aromatic carbocycles. The third kappa shape index (κ3) is 3.91. The van der Waals surface area contributed by atoms with Crippen LogP contribution in [-0.4, -0.2) is 40.6 Å². The first-order valence-corrected chi connectivity index (χ1v) is 7.39. The maximum Gasteiger partial charge on any atom is 0.355 e. The van der Waals surface area contributed by atoms with Crippen LogP contribution in [0.5, 0.6) is 0 Å². The first-order valence-electron chi connectivity index (χ1n) is 6.51. The number of urea groups is 1. The van der Waals surface area contributed by atoms with Gasteiger partial charge in [-0.2, -0.15) is 0 Å². The molecule has 2 heterocycles. The van der Waals surface area contributed by atoms with Gasteiger partial charge in [0.1, 0.15) is 11.0 Å². The second kappa shape index (κ2) is 6.53. The van der Waals surface area contributed by atoms with Crippen molar-refractivity contribution in [1.82, 2.24) is 20.9 Å². The van der Waals surface area contributed by atoms with E-state index in [9.17, 15) is 14.4 Å². The third-order valence-corrected chi connectivity index (χ3v) is 4.08. The number of carbonyl (C=O) groups excluding carboxylic acids is 2. The fourth-order valence-electron chi connectivity index (χ4n) is 1.95. The van der Waals surface area contributed by atoms with E-state index in [-0.39, 0.29) is 11.6 Å². The Morgan fingerprint density at radius 1 is 1.57 bits per heavy atom. The molecule has 1 aromatic rings. The summed E-state index contributed by atoms with van der Waals surface area (Å²) >= 11 is 1.16. The Labute approximate surface area is 124 Å². The van der Waals surface area contributed by atoms with Gasteiger partial charge in [-0.3, -0.25) is 4.79 Å². The van der Waals surface area contributed by atoms with Crippen molar-refractivity contribution in [2.24, 2.45) is 0 Å². The number of rotatable bonds is 4. The van der Waals surface area contributed by atoms with Crippen LogP contribution in [0, 0.1) is 0 Å². The number of carboxylic acids is 1. The average molecular weight is 312 g/mol. The first kappa shape index (κ1) is 15.2. The number of thiazole rings is 1. The van der Waals surface area contributed by atoms with Gasteiger partial charge in [-0.05, 0) is 19.8 Å². The van der Waals surface area contributed by atoms with Crippen molar-refractivity contribution in [3.8, 4) is 0 Å². The van der Waals surface area contributed by atoms with Gasteiger partial charge in [0, 0.05) is 11.9 Å². The minimum Gasteiger partial charge on any atom is -0.476 e. The van der Waals surface area contributed by atoms with Crippen LogP contribution in [0.1, 0.15) is 41.3 Å². The summed E-state index contributed by atoms with van der Waals surface area (Å²) in [6, 6.07) is -1.44. The van der Waals surface area contributed by atoms with Crippen molar-refractivity contribution in [2.45, 2.75) is 31.8 Å². The van der Waals surface area contributed by atoms with E-state index >= 15 is 0 Å². The lowest BCUT2D eigenvalue weighted by Gasteiger charge is -2.23. The van der Waals surface area contributed by atoms with Crippen LogP contribution < -0.4 is 16.0 Å². The van der Waals surface area contributed by atoms with Crippen LogP contribution in [0.25, 0.3) is 0 Å². The molecule has 21 heavy (non-hydrogen) atoms. The SMILES string of the molecule is CC(NC(=O)NC1CCCNC1=O)c1nc(C(=O)O)cs1. The number of carboxylic acid groups (broad SMARTS) is 1. The zero-order chi connectivity index (χ0) is 15.4. The number of carbonyl (C=O) groups is 3. The standard InChI is InChI=1S/C12H16N4O4S/c1-6(10-15-8(5-21-10)11(18)19)14-12(20)16-7-3-2-4-13-9(7)17/h5-7H,2-4H2,1H3,(H,13,17)(H,18,19)(H2,14,16,20). The van der Waals surface area contributed by atoms with E-state index in [0.29, 0.717) is 18.0 Å². The molecule has 1 aliphatic rings. The Morgan fingerprint density at radius 2 is 2.33 bits per heavy atom. The van der Waals surface area contributed by atoms with E-state index in [2.05, 4.69) is 20.9 Å². The Balaban J connectivity index is 1.89. The molecule has 2 rings (SSSR count). The first-order chi connectivity index (χ1) is 9.97. The maximum atomic E-state index is 11.8. The lowest BCUT2D eigenvalue weighted by atomic mass is 10.1. The molecule has 0 bridgehead atoms. The number of hydrogen-bond donors (Lipinski definition) is 4. The Hall–Kier alpha value is -2.16. The fourth-order valence-corrected chi connectivity index (χ4v) is 2.75. The van der Waals surface area contributed by atoms with Gasteiger partial charge in [0.25, 0.3) is 0 Å². The molecule has 0 radical (unpaired) electrons. The van der Waals surface area contributed by atoms with E-state index in [1.54, 1.807) is 6.92 Å². The summed E-state index contributed by atoms with van der Waals surface area (Å²) in [4.78, 5) is 38.1.